The number of allylic oxidation sites excluding steroid dienone is 6. The van der Waals surface area contributed by atoms with E-state index in [0.717, 1.165) is 83.5 Å². The molecular weight excluding hydrogens is 1020 g/mol. The number of unbranched alkanes of at least 4 members (excludes halogenated alkanes) is 53. The van der Waals surface area contributed by atoms with Crippen molar-refractivity contribution < 1.29 is 28.6 Å². The topological polar surface area (TPSA) is 78.9 Å². The van der Waals surface area contributed by atoms with Crippen molar-refractivity contribution in [3.8, 4) is 0 Å². The SMILES string of the molecule is CC/C=C\C/C=C\C/C=C\CCCCCCCCCC(=O)OC(COC(=O)CCCCCCCCCCCCCCCC)COC(=O)CCCCCCCCCCCCCCCCCCCCCCCCCCCCCCCCCCCC. The van der Waals surface area contributed by atoms with Gasteiger partial charge in [-0.15, -0.1) is 0 Å². The van der Waals surface area contributed by atoms with E-state index in [9.17, 15) is 14.4 Å². The van der Waals surface area contributed by atoms with Gasteiger partial charge in [-0.1, -0.05) is 385 Å². The first kappa shape index (κ1) is 80.6. The van der Waals surface area contributed by atoms with E-state index < -0.39 is 6.10 Å². The molecule has 0 amide bonds. The monoisotopic (exact) mass is 1170 g/mol. The largest absolute Gasteiger partial charge is 0.462 e. The highest BCUT2D eigenvalue weighted by atomic mass is 16.6. The third-order valence-corrected chi connectivity index (χ3v) is 17.2. The van der Waals surface area contributed by atoms with Crippen LogP contribution in [0, 0.1) is 0 Å². The van der Waals surface area contributed by atoms with Crippen LogP contribution in [0.25, 0.3) is 0 Å². The van der Waals surface area contributed by atoms with Crippen molar-refractivity contribution in [3.63, 3.8) is 0 Å². The fourth-order valence-electron chi connectivity index (χ4n) is 11.6. The van der Waals surface area contributed by atoms with Crippen molar-refractivity contribution in [1.29, 1.82) is 0 Å². The highest BCUT2D eigenvalue weighted by Crippen LogP contribution is 2.19. The average molecular weight is 1170 g/mol. The zero-order valence-corrected chi connectivity index (χ0v) is 56.2. The molecule has 0 aliphatic carbocycles. The van der Waals surface area contributed by atoms with E-state index in [1.807, 2.05) is 0 Å². The van der Waals surface area contributed by atoms with Crippen LogP contribution in [-0.4, -0.2) is 37.2 Å². The Balaban J connectivity index is 4.09. The third-order valence-electron chi connectivity index (χ3n) is 17.2. The molecule has 1 atom stereocenters. The number of carbonyl (C=O) groups excluding carboxylic acids is 3. The summed E-state index contributed by atoms with van der Waals surface area (Å²) in [5, 5.41) is 0. The van der Waals surface area contributed by atoms with E-state index in [1.165, 1.54) is 295 Å². The van der Waals surface area contributed by atoms with E-state index in [0.29, 0.717) is 19.3 Å². The van der Waals surface area contributed by atoms with Crippen molar-refractivity contribution in [2.45, 2.75) is 425 Å². The molecule has 83 heavy (non-hydrogen) atoms. The van der Waals surface area contributed by atoms with Crippen molar-refractivity contribution in [2.75, 3.05) is 13.2 Å². The molecule has 0 saturated heterocycles. The first-order valence-corrected chi connectivity index (χ1v) is 37.5. The number of hydrogen-bond acceptors (Lipinski definition) is 6. The number of hydrogen-bond donors (Lipinski definition) is 0. The Kier molecular flexibility index (Phi) is 70.0. The van der Waals surface area contributed by atoms with Gasteiger partial charge in [0.05, 0.1) is 0 Å². The summed E-state index contributed by atoms with van der Waals surface area (Å²) in [6.45, 7) is 6.60. The molecule has 0 radical (unpaired) electrons. The van der Waals surface area contributed by atoms with Crippen molar-refractivity contribution in [1.82, 2.24) is 0 Å². The van der Waals surface area contributed by atoms with E-state index in [4.69, 9.17) is 14.2 Å². The first-order valence-electron chi connectivity index (χ1n) is 37.5. The van der Waals surface area contributed by atoms with Gasteiger partial charge in [-0.05, 0) is 51.4 Å². The fourth-order valence-corrected chi connectivity index (χ4v) is 11.6. The molecule has 0 heterocycles. The molecule has 0 bridgehead atoms. The van der Waals surface area contributed by atoms with Gasteiger partial charge < -0.3 is 14.2 Å². The Bertz CT molecular complexity index is 1380. The number of carbonyl (C=O) groups is 3. The van der Waals surface area contributed by atoms with Crippen molar-refractivity contribution in [2.24, 2.45) is 0 Å². The lowest BCUT2D eigenvalue weighted by atomic mass is 10.0. The Morgan fingerprint density at radius 2 is 0.470 bits per heavy atom. The molecule has 0 fully saturated rings. The molecule has 0 aromatic heterocycles. The second kappa shape index (κ2) is 72.1. The normalized spacial score (nSPS) is 12.2. The molecule has 1 unspecified atom stereocenters. The van der Waals surface area contributed by atoms with Crippen LogP contribution in [0.2, 0.25) is 0 Å². The summed E-state index contributed by atoms with van der Waals surface area (Å²) in [6.07, 6.45) is 90.7. The predicted molar refractivity (Wildman–Crippen MR) is 362 cm³/mol. The standard InChI is InChI=1S/C77H144O6/c1-4-7-10-13-16-19-22-25-28-30-31-32-33-34-35-36-37-38-39-40-41-42-43-44-45-46-48-49-52-55-58-61-64-67-70-76(79)82-73-74(72-81-75(78)69-66-63-60-57-54-51-27-24-21-18-15-12-9-6-3)83-77(80)71-68-65-62-59-56-53-50-47-29-26-23-20-17-14-11-8-5-2/h8,11,17,20,26,29,74H,4-7,9-10,12-16,18-19,21-25,27-28,30-73H2,1-3H3/b11-8-,20-17-,29-26-. The third kappa shape index (κ3) is 70.3. The molecule has 0 saturated carbocycles. The summed E-state index contributed by atoms with van der Waals surface area (Å²) in [5.74, 6) is -0.850. The maximum atomic E-state index is 12.9. The fraction of sp³-hybridized carbons (Fsp3) is 0.883. The summed E-state index contributed by atoms with van der Waals surface area (Å²) in [5.41, 5.74) is 0. The van der Waals surface area contributed by atoms with Gasteiger partial charge in [0.15, 0.2) is 6.10 Å². The lowest BCUT2D eigenvalue weighted by molar-refractivity contribution is -0.167. The molecule has 0 aliphatic heterocycles. The van der Waals surface area contributed by atoms with Crippen LogP contribution in [0.4, 0.5) is 0 Å². The quantitative estimate of drug-likeness (QED) is 0.0261. The summed E-state index contributed by atoms with van der Waals surface area (Å²) in [6, 6.07) is 0. The Labute approximate surface area is 518 Å². The highest BCUT2D eigenvalue weighted by Gasteiger charge is 2.20. The first-order chi connectivity index (χ1) is 41.0. The van der Waals surface area contributed by atoms with Gasteiger partial charge in [-0.3, -0.25) is 14.4 Å². The van der Waals surface area contributed by atoms with Gasteiger partial charge in [0.25, 0.3) is 0 Å². The molecule has 6 heteroatoms. The van der Waals surface area contributed by atoms with Gasteiger partial charge in [0.2, 0.25) is 0 Å². The average Bonchev–Trinajstić information content (AvgIpc) is 3.49. The van der Waals surface area contributed by atoms with E-state index in [-0.39, 0.29) is 31.1 Å². The molecule has 0 aliphatic rings. The minimum atomic E-state index is -0.775. The predicted octanol–water partition coefficient (Wildman–Crippen LogP) is 25.9. The van der Waals surface area contributed by atoms with Crippen LogP contribution >= 0.6 is 0 Å². The van der Waals surface area contributed by atoms with Gasteiger partial charge in [-0.2, -0.15) is 0 Å². The lowest BCUT2D eigenvalue weighted by Gasteiger charge is -2.18. The Morgan fingerprint density at radius 3 is 0.735 bits per heavy atom. The summed E-state index contributed by atoms with van der Waals surface area (Å²) in [4.78, 5) is 38.4. The Morgan fingerprint density at radius 1 is 0.253 bits per heavy atom. The second-order valence-electron chi connectivity index (χ2n) is 25.5. The second-order valence-corrected chi connectivity index (χ2v) is 25.5. The van der Waals surface area contributed by atoms with Crippen LogP contribution in [-0.2, 0) is 28.6 Å². The van der Waals surface area contributed by atoms with E-state index in [1.54, 1.807) is 0 Å². The zero-order valence-electron chi connectivity index (χ0n) is 56.2. The van der Waals surface area contributed by atoms with Crippen LogP contribution in [0.3, 0.4) is 0 Å². The number of esters is 3. The smallest absolute Gasteiger partial charge is 0.306 e. The molecular formula is C77H144O6. The van der Waals surface area contributed by atoms with E-state index >= 15 is 0 Å². The lowest BCUT2D eigenvalue weighted by Crippen LogP contribution is -2.30. The van der Waals surface area contributed by atoms with Gasteiger partial charge in [0, 0.05) is 19.3 Å². The molecule has 0 spiro atoms. The summed E-state index contributed by atoms with van der Waals surface area (Å²) < 4.78 is 17.0. The molecule has 0 rings (SSSR count). The molecule has 6 nitrogen and oxygen atoms in total. The molecule has 488 valence electrons. The minimum Gasteiger partial charge on any atom is -0.462 e. The maximum absolute atomic E-state index is 12.9. The number of ether oxygens (including phenoxy) is 3. The van der Waals surface area contributed by atoms with Gasteiger partial charge in [-0.25, -0.2) is 0 Å². The zero-order chi connectivity index (χ0) is 59.9. The van der Waals surface area contributed by atoms with Gasteiger partial charge >= 0.3 is 17.9 Å². The Hall–Kier alpha value is -2.37. The maximum Gasteiger partial charge on any atom is 0.306 e. The minimum absolute atomic E-state index is 0.0705. The van der Waals surface area contributed by atoms with Crippen LogP contribution < -0.4 is 0 Å². The van der Waals surface area contributed by atoms with Crippen LogP contribution in [0.1, 0.15) is 419 Å². The summed E-state index contributed by atoms with van der Waals surface area (Å²) >= 11 is 0. The molecule has 0 N–H and O–H groups in total. The van der Waals surface area contributed by atoms with E-state index in [2.05, 4.69) is 57.2 Å². The van der Waals surface area contributed by atoms with Crippen LogP contribution in [0.5, 0.6) is 0 Å². The summed E-state index contributed by atoms with van der Waals surface area (Å²) in [7, 11) is 0. The number of rotatable bonds is 70. The molecule has 0 aromatic carbocycles. The highest BCUT2D eigenvalue weighted by molar-refractivity contribution is 5.71. The van der Waals surface area contributed by atoms with Crippen molar-refractivity contribution >= 4 is 17.9 Å². The van der Waals surface area contributed by atoms with Crippen molar-refractivity contribution in [3.05, 3.63) is 36.5 Å². The molecule has 0 aromatic rings. The van der Waals surface area contributed by atoms with Gasteiger partial charge in [0.1, 0.15) is 13.2 Å². The van der Waals surface area contributed by atoms with Crippen LogP contribution in [0.15, 0.2) is 36.5 Å².